The maximum absolute atomic E-state index is 5.39. The molecule has 0 bridgehead atoms. The van der Waals surface area contributed by atoms with Crippen molar-refractivity contribution in [3.63, 3.8) is 0 Å². The van der Waals surface area contributed by atoms with Crippen LogP contribution in [-0.2, 0) is 26.2 Å². The molecule has 16 heavy (non-hydrogen) atoms. The molecule has 1 rings (SSSR count). The first-order valence-corrected chi connectivity index (χ1v) is 7.44. The third-order valence-electron chi connectivity index (χ3n) is 2.88. The lowest BCUT2D eigenvalue weighted by molar-refractivity contribution is 0.123. The van der Waals surface area contributed by atoms with Gasteiger partial charge in [0.15, 0.2) is 0 Å². The highest BCUT2D eigenvalue weighted by Gasteiger charge is 2.37. The highest BCUT2D eigenvalue weighted by atomic mass is 28.4. The first kappa shape index (κ1) is 13.4. The molecule has 0 saturated heterocycles. The molecule has 0 aliphatic carbocycles. The van der Waals surface area contributed by atoms with Crippen LogP contribution in [0.5, 0.6) is 0 Å². The summed E-state index contributed by atoms with van der Waals surface area (Å²) in [6, 6.07) is 5.00. The Morgan fingerprint density at radius 2 is 1.81 bits per heavy atom. The highest BCUT2D eigenvalue weighted by molar-refractivity contribution is 6.60. The second-order valence-corrected chi connectivity index (χ2v) is 6.67. The van der Waals surface area contributed by atoms with E-state index in [1.54, 1.807) is 21.3 Å². The van der Waals surface area contributed by atoms with E-state index in [2.05, 4.69) is 29.8 Å². The molecule has 0 saturated carbocycles. The zero-order valence-electron chi connectivity index (χ0n) is 10.5. The molecule has 0 unspecified atom stereocenters. The van der Waals surface area contributed by atoms with Crippen molar-refractivity contribution in [2.24, 2.45) is 0 Å². The van der Waals surface area contributed by atoms with E-state index in [4.69, 9.17) is 13.3 Å². The van der Waals surface area contributed by atoms with E-state index in [0.717, 1.165) is 19.0 Å². The van der Waals surface area contributed by atoms with Crippen LogP contribution in [0.1, 0.15) is 12.6 Å². The van der Waals surface area contributed by atoms with E-state index in [9.17, 15) is 0 Å². The van der Waals surface area contributed by atoms with Crippen LogP contribution in [0.25, 0.3) is 0 Å². The molecule has 92 valence electrons. The Balaban J connectivity index is 2.62. The Kier molecular flexibility index (Phi) is 5.21. The number of nitrogens with zero attached hydrogens (tertiary/aromatic N) is 1. The molecule has 0 aliphatic rings. The van der Waals surface area contributed by atoms with E-state index in [1.807, 2.05) is 0 Å². The Morgan fingerprint density at radius 1 is 1.19 bits per heavy atom. The number of aromatic nitrogens is 1. The van der Waals surface area contributed by atoms with Crippen molar-refractivity contribution in [1.29, 1.82) is 0 Å². The summed E-state index contributed by atoms with van der Waals surface area (Å²) < 4.78 is 18.4. The average molecular weight is 243 g/mol. The molecular weight excluding hydrogens is 222 g/mol. The first-order valence-electron chi connectivity index (χ1n) is 5.50. The first-order chi connectivity index (χ1) is 7.71. The van der Waals surface area contributed by atoms with Crippen molar-refractivity contribution in [3.8, 4) is 0 Å². The average Bonchev–Trinajstić information content (AvgIpc) is 2.79. The summed E-state index contributed by atoms with van der Waals surface area (Å²) in [4.78, 5) is 0. The van der Waals surface area contributed by atoms with E-state index >= 15 is 0 Å². The van der Waals surface area contributed by atoms with Gasteiger partial charge in [0.2, 0.25) is 0 Å². The molecule has 0 N–H and O–H groups in total. The van der Waals surface area contributed by atoms with Crippen molar-refractivity contribution in [2.75, 3.05) is 21.3 Å². The van der Waals surface area contributed by atoms with Crippen LogP contribution < -0.4 is 0 Å². The van der Waals surface area contributed by atoms with E-state index < -0.39 is 8.80 Å². The fourth-order valence-corrected chi connectivity index (χ4v) is 3.50. The predicted molar refractivity (Wildman–Crippen MR) is 65.4 cm³/mol. The molecule has 0 fully saturated rings. The predicted octanol–water partition coefficient (Wildman–Crippen LogP) is 1.93. The SMILES string of the molecule is CCn1cccc1CC[Si](OC)(OC)OC. The van der Waals surface area contributed by atoms with Crippen LogP contribution in [0.15, 0.2) is 18.3 Å². The van der Waals surface area contributed by atoms with Crippen molar-refractivity contribution < 1.29 is 13.3 Å². The monoisotopic (exact) mass is 243 g/mol. The van der Waals surface area contributed by atoms with Crippen LogP contribution in [-0.4, -0.2) is 34.7 Å². The fourth-order valence-electron chi connectivity index (χ4n) is 1.82. The van der Waals surface area contributed by atoms with Crippen molar-refractivity contribution in [1.82, 2.24) is 4.57 Å². The molecule has 0 aromatic carbocycles. The minimum Gasteiger partial charge on any atom is -0.377 e. The minimum atomic E-state index is -2.42. The number of aryl methyl sites for hydroxylation is 2. The summed E-state index contributed by atoms with van der Waals surface area (Å²) in [5.41, 5.74) is 1.30. The molecule has 1 aromatic heterocycles. The minimum absolute atomic E-state index is 0.806. The molecule has 5 heteroatoms. The second kappa shape index (κ2) is 6.20. The summed E-state index contributed by atoms with van der Waals surface area (Å²) in [6.07, 6.45) is 3.01. The lowest BCUT2D eigenvalue weighted by atomic mass is 10.3. The quantitative estimate of drug-likeness (QED) is 0.686. The highest BCUT2D eigenvalue weighted by Crippen LogP contribution is 2.17. The summed E-state index contributed by atoms with van der Waals surface area (Å²) in [7, 11) is 2.53. The summed E-state index contributed by atoms with van der Waals surface area (Å²) in [5, 5.41) is 0. The fraction of sp³-hybridized carbons (Fsp3) is 0.636. The molecular formula is C11H21NO3Si. The maximum atomic E-state index is 5.39. The van der Waals surface area contributed by atoms with Gasteiger partial charge in [-0.05, 0) is 25.5 Å². The van der Waals surface area contributed by atoms with Gasteiger partial charge in [-0.2, -0.15) is 0 Å². The summed E-state index contributed by atoms with van der Waals surface area (Å²) in [6.45, 7) is 3.13. The van der Waals surface area contributed by atoms with Gasteiger partial charge >= 0.3 is 8.80 Å². The maximum Gasteiger partial charge on any atom is 0.500 e. The Morgan fingerprint density at radius 3 is 2.31 bits per heavy atom. The van der Waals surface area contributed by atoms with Gasteiger partial charge in [-0.15, -0.1) is 0 Å². The Bertz CT molecular complexity index is 302. The van der Waals surface area contributed by atoms with E-state index in [1.165, 1.54) is 5.69 Å². The van der Waals surface area contributed by atoms with Crippen LogP contribution in [0.4, 0.5) is 0 Å². The summed E-state index contributed by atoms with van der Waals surface area (Å²) >= 11 is 0. The largest absolute Gasteiger partial charge is 0.500 e. The van der Waals surface area contributed by atoms with Crippen LogP contribution >= 0.6 is 0 Å². The van der Waals surface area contributed by atoms with Crippen LogP contribution in [0, 0.1) is 0 Å². The molecule has 4 nitrogen and oxygen atoms in total. The standard InChI is InChI=1S/C11H21NO3Si/c1-5-12-9-6-7-11(12)8-10-16(13-2,14-3)15-4/h6-7,9H,5,8,10H2,1-4H3. The molecule has 0 radical (unpaired) electrons. The lowest BCUT2D eigenvalue weighted by Crippen LogP contribution is -2.43. The van der Waals surface area contributed by atoms with Crippen LogP contribution in [0.2, 0.25) is 6.04 Å². The molecule has 0 atom stereocenters. The number of hydrogen-bond acceptors (Lipinski definition) is 3. The van der Waals surface area contributed by atoms with Gasteiger partial charge in [-0.1, -0.05) is 0 Å². The van der Waals surface area contributed by atoms with Crippen molar-refractivity contribution in [2.45, 2.75) is 25.9 Å². The van der Waals surface area contributed by atoms with E-state index in [-0.39, 0.29) is 0 Å². The van der Waals surface area contributed by atoms with Gasteiger partial charge in [-0.3, -0.25) is 0 Å². The van der Waals surface area contributed by atoms with Gasteiger partial charge in [0.25, 0.3) is 0 Å². The number of hydrogen-bond donors (Lipinski definition) is 0. The Hall–Kier alpha value is -0.623. The smallest absolute Gasteiger partial charge is 0.377 e. The van der Waals surface area contributed by atoms with Gasteiger partial charge in [0, 0.05) is 45.8 Å². The molecule has 0 aliphatic heterocycles. The van der Waals surface area contributed by atoms with Crippen molar-refractivity contribution in [3.05, 3.63) is 24.0 Å². The lowest BCUT2D eigenvalue weighted by Gasteiger charge is -2.24. The van der Waals surface area contributed by atoms with E-state index in [0.29, 0.717) is 0 Å². The van der Waals surface area contributed by atoms with Gasteiger partial charge in [0.05, 0.1) is 0 Å². The second-order valence-electron chi connectivity index (χ2n) is 3.58. The summed E-state index contributed by atoms with van der Waals surface area (Å²) in [5.74, 6) is 0. The normalized spacial score (nSPS) is 12.0. The van der Waals surface area contributed by atoms with Gasteiger partial charge < -0.3 is 17.8 Å². The zero-order valence-corrected chi connectivity index (χ0v) is 11.5. The molecule has 0 spiro atoms. The number of rotatable bonds is 7. The van der Waals surface area contributed by atoms with Gasteiger partial charge in [0.1, 0.15) is 0 Å². The zero-order chi connectivity index (χ0) is 12.0. The third-order valence-corrected chi connectivity index (χ3v) is 5.61. The Labute approximate surface area is 98.5 Å². The topological polar surface area (TPSA) is 32.6 Å². The third kappa shape index (κ3) is 2.95. The van der Waals surface area contributed by atoms with Crippen LogP contribution in [0.3, 0.4) is 0 Å². The molecule has 1 aromatic rings. The van der Waals surface area contributed by atoms with Crippen molar-refractivity contribution >= 4 is 8.80 Å². The molecule has 1 heterocycles. The molecule has 0 amide bonds. The van der Waals surface area contributed by atoms with Gasteiger partial charge in [-0.25, -0.2) is 0 Å².